The summed E-state index contributed by atoms with van der Waals surface area (Å²) in [6, 6.07) is 3.41. The topological polar surface area (TPSA) is 98.5 Å². The van der Waals surface area contributed by atoms with Crippen LogP contribution in [0.3, 0.4) is 0 Å². The number of carbonyl (C=O) groups excluding carboxylic acids is 2. The number of hydrogen-bond acceptors (Lipinski definition) is 5. The summed E-state index contributed by atoms with van der Waals surface area (Å²) in [5.74, 6) is -0.903. The van der Waals surface area contributed by atoms with Gasteiger partial charge in [-0.3, -0.25) is 14.9 Å². The number of hydrogen-bond donors (Lipinski definition) is 1. The summed E-state index contributed by atoms with van der Waals surface area (Å²) in [7, 11) is 1.25. The Morgan fingerprint density at radius 3 is 2.50 bits per heavy atom. The van der Waals surface area contributed by atoms with E-state index >= 15 is 0 Å². The summed E-state index contributed by atoms with van der Waals surface area (Å²) in [6.07, 6.45) is 0.423. The average molecular weight is 308 g/mol. The molecule has 1 aromatic rings. The van der Waals surface area contributed by atoms with Gasteiger partial charge in [0.2, 0.25) is 0 Å². The minimum absolute atomic E-state index is 0.133. The summed E-state index contributed by atoms with van der Waals surface area (Å²) >= 11 is 0. The zero-order chi connectivity index (χ0) is 16.9. The number of benzene rings is 1. The molecule has 0 spiro atoms. The minimum atomic E-state index is -0.780. The highest BCUT2D eigenvalue weighted by molar-refractivity contribution is 5.97. The molecule has 1 rings (SSSR count). The van der Waals surface area contributed by atoms with Crippen molar-refractivity contribution in [1.29, 1.82) is 0 Å². The predicted octanol–water partition coefficient (Wildman–Crippen LogP) is 2.22. The maximum absolute atomic E-state index is 12.2. The zero-order valence-corrected chi connectivity index (χ0v) is 13.1. The van der Waals surface area contributed by atoms with E-state index in [0.717, 1.165) is 0 Å². The number of nitrogens with one attached hydrogen (secondary N) is 1. The summed E-state index contributed by atoms with van der Waals surface area (Å²) in [5.41, 5.74) is 0.467. The number of amides is 1. The Morgan fingerprint density at radius 1 is 1.36 bits per heavy atom. The molecular weight excluding hydrogens is 288 g/mol. The van der Waals surface area contributed by atoms with Crippen LogP contribution in [0.5, 0.6) is 0 Å². The smallest absolute Gasteiger partial charge is 0.328 e. The number of esters is 1. The van der Waals surface area contributed by atoms with E-state index in [1.807, 2.05) is 13.8 Å². The number of nitrogens with zero attached hydrogens (tertiary/aromatic N) is 1. The van der Waals surface area contributed by atoms with Crippen LogP contribution >= 0.6 is 0 Å². The van der Waals surface area contributed by atoms with Crippen molar-refractivity contribution in [2.75, 3.05) is 7.11 Å². The van der Waals surface area contributed by atoms with Crippen molar-refractivity contribution in [2.45, 2.75) is 33.2 Å². The van der Waals surface area contributed by atoms with E-state index in [0.29, 0.717) is 12.0 Å². The van der Waals surface area contributed by atoms with Crippen LogP contribution in [0.2, 0.25) is 0 Å². The molecule has 7 nitrogen and oxygen atoms in total. The van der Waals surface area contributed by atoms with Crippen molar-refractivity contribution in [1.82, 2.24) is 5.32 Å². The molecule has 0 radical (unpaired) electrons. The molecule has 1 aromatic carbocycles. The van der Waals surface area contributed by atoms with Crippen LogP contribution in [-0.2, 0) is 9.53 Å². The number of nitro benzene ring substituents is 1. The normalized spacial score (nSPS) is 11.9. The molecule has 0 aliphatic heterocycles. The van der Waals surface area contributed by atoms with Gasteiger partial charge >= 0.3 is 5.97 Å². The van der Waals surface area contributed by atoms with Gasteiger partial charge in [-0.25, -0.2) is 4.79 Å². The minimum Gasteiger partial charge on any atom is -0.467 e. The van der Waals surface area contributed by atoms with Gasteiger partial charge in [0.1, 0.15) is 6.04 Å². The lowest BCUT2D eigenvalue weighted by molar-refractivity contribution is -0.385. The van der Waals surface area contributed by atoms with Crippen LogP contribution < -0.4 is 5.32 Å². The standard InChI is InChI=1S/C15H20N2O5/c1-9(2)7-12(15(19)22-4)16-14(18)11-6-5-10(3)13(8-11)17(20)21/h5-6,8-9,12H,7H2,1-4H3,(H,16,18). The molecule has 0 aliphatic rings. The van der Waals surface area contributed by atoms with Crippen molar-refractivity contribution in [2.24, 2.45) is 5.92 Å². The Morgan fingerprint density at radius 2 is 2.00 bits per heavy atom. The number of ether oxygens (including phenoxy) is 1. The van der Waals surface area contributed by atoms with Gasteiger partial charge in [-0.1, -0.05) is 19.9 Å². The van der Waals surface area contributed by atoms with Crippen LogP contribution in [0, 0.1) is 23.0 Å². The molecule has 22 heavy (non-hydrogen) atoms. The molecule has 0 aliphatic carbocycles. The lowest BCUT2D eigenvalue weighted by atomic mass is 10.0. The van der Waals surface area contributed by atoms with E-state index in [2.05, 4.69) is 10.1 Å². The van der Waals surface area contributed by atoms with Crippen molar-refractivity contribution < 1.29 is 19.2 Å². The van der Waals surface area contributed by atoms with Crippen molar-refractivity contribution in [3.05, 3.63) is 39.4 Å². The second kappa shape index (κ2) is 7.53. The van der Waals surface area contributed by atoms with E-state index in [9.17, 15) is 19.7 Å². The maximum Gasteiger partial charge on any atom is 0.328 e. The summed E-state index contributed by atoms with van der Waals surface area (Å²) in [5, 5.41) is 13.5. The van der Waals surface area contributed by atoms with Crippen LogP contribution in [0.15, 0.2) is 18.2 Å². The Balaban J connectivity index is 2.97. The second-order valence-corrected chi connectivity index (χ2v) is 5.44. The second-order valence-electron chi connectivity index (χ2n) is 5.44. The SMILES string of the molecule is COC(=O)C(CC(C)C)NC(=O)c1ccc(C)c([N+](=O)[O-])c1. The fraction of sp³-hybridized carbons (Fsp3) is 0.467. The van der Waals surface area contributed by atoms with E-state index < -0.39 is 22.8 Å². The summed E-state index contributed by atoms with van der Waals surface area (Å²) in [6.45, 7) is 5.42. The molecule has 7 heteroatoms. The quantitative estimate of drug-likeness (QED) is 0.493. The number of nitro groups is 1. The maximum atomic E-state index is 12.2. The molecule has 0 bridgehead atoms. The largest absolute Gasteiger partial charge is 0.467 e. The molecule has 0 fully saturated rings. The third-order valence-electron chi connectivity index (χ3n) is 3.17. The van der Waals surface area contributed by atoms with Gasteiger partial charge in [0, 0.05) is 17.2 Å². The van der Waals surface area contributed by atoms with Gasteiger partial charge in [0.15, 0.2) is 0 Å². The van der Waals surface area contributed by atoms with E-state index in [1.54, 1.807) is 6.92 Å². The lowest BCUT2D eigenvalue weighted by Crippen LogP contribution is -2.42. The number of rotatable bonds is 6. The van der Waals surface area contributed by atoms with Crippen LogP contribution in [-0.4, -0.2) is 30.0 Å². The van der Waals surface area contributed by atoms with Gasteiger partial charge in [-0.2, -0.15) is 0 Å². The van der Waals surface area contributed by atoms with Gasteiger partial charge in [0.25, 0.3) is 11.6 Å². The van der Waals surface area contributed by atoms with Crippen LogP contribution in [0.25, 0.3) is 0 Å². The Bertz CT molecular complexity index is 583. The summed E-state index contributed by atoms with van der Waals surface area (Å²) in [4.78, 5) is 34.3. The first-order valence-corrected chi connectivity index (χ1v) is 6.90. The molecule has 1 N–H and O–H groups in total. The molecule has 0 aromatic heterocycles. The monoisotopic (exact) mass is 308 g/mol. The predicted molar refractivity (Wildman–Crippen MR) is 80.6 cm³/mol. The molecular formula is C15H20N2O5. The molecule has 1 atom stereocenters. The molecule has 0 saturated heterocycles. The Hall–Kier alpha value is -2.44. The Kier molecular flexibility index (Phi) is 6.03. The van der Waals surface area contributed by atoms with E-state index in [-0.39, 0.29) is 17.2 Å². The van der Waals surface area contributed by atoms with Gasteiger partial charge in [-0.05, 0) is 25.3 Å². The molecule has 0 saturated carbocycles. The van der Waals surface area contributed by atoms with Gasteiger partial charge in [0.05, 0.1) is 12.0 Å². The number of carbonyl (C=O) groups is 2. The molecule has 0 heterocycles. The molecule has 1 amide bonds. The van der Waals surface area contributed by atoms with E-state index in [4.69, 9.17) is 0 Å². The van der Waals surface area contributed by atoms with Crippen LogP contribution in [0.4, 0.5) is 5.69 Å². The first-order chi connectivity index (χ1) is 10.3. The first-order valence-electron chi connectivity index (χ1n) is 6.90. The zero-order valence-electron chi connectivity index (χ0n) is 13.1. The lowest BCUT2D eigenvalue weighted by Gasteiger charge is -2.18. The van der Waals surface area contributed by atoms with Gasteiger partial charge < -0.3 is 10.1 Å². The Labute approximate surface area is 128 Å². The molecule has 120 valence electrons. The van der Waals surface area contributed by atoms with Gasteiger partial charge in [-0.15, -0.1) is 0 Å². The third kappa shape index (κ3) is 4.54. The highest BCUT2D eigenvalue weighted by atomic mass is 16.6. The van der Waals surface area contributed by atoms with Crippen molar-refractivity contribution >= 4 is 17.6 Å². The fourth-order valence-corrected chi connectivity index (χ4v) is 2.02. The molecule has 1 unspecified atom stereocenters. The van der Waals surface area contributed by atoms with Crippen molar-refractivity contribution in [3.63, 3.8) is 0 Å². The number of methoxy groups -OCH3 is 1. The highest BCUT2D eigenvalue weighted by Crippen LogP contribution is 2.19. The number of aryl methyl sites for hydroxylation is 1. The van der Waals surface area contributed by atoms with Crippen molar-refractivity contribution in [3.8, 4) is 0 Å². The highest BCUT2D eigenvalue weighted by Gasteiger charge is 2.24. The fourth-order valence-electron chi connectivity index (χ4n) is 2.02. The summed E-state index contributed by atoms with van der Waals surface area (Å²) < 4.78 is 4.67. The first kappa shape index (κ1) is 17.6. The van der Waals surface area contributed by atoms with E-state index in [1.165, 1.54) is 25.3 Å². The van der Waals surface area contributed by atoms with Crippen LogP contribution in [0.1, 0.15) is 36.2 Å². The average Bonchev–Trinajstić information content (AvgIpc) is 2.45. The third-order valence-corrected chi connectivity index (χ3v) is 3.17.